The number of hydrogen-bond donors (Lipinski definition) is 2. The number of hydrogen-bond acceptors (Lipinski definition) is 2. The first-order valence-corrected chi connectivity index (χ1v) is 7.05. The summed E-state index contributed by atoms with van der Waals surface area (Å²) < 4.78 is 0. The Morgan fingerprint density at radius 1 is 1.41 bits per heavy atom. The van der Waals surface area contributed by atoms with Crippen molar-refractivity contribution in [2.45, 2.75) is 53.0 Å². The maximum absolute atomic E-state index is 12.0. The zero-order valence-corrected chi connectivity index (χ0v) is 11.8. The standard InChI is InChI=1S/C14H28N2O/c1-5-12-6-7-15-13(8-12)14(17)16-9-11(4)10(2)3/h10-13,15H,5-9H2,1-4H3,(H,16,17). The van der Waals surface area contributed by atoms with Gasteiger partial charge in [-0.15, -0.1) is 0 Å². The monoisotopic (exact) mass is 240 g/mol. The summed E-state index contributed by atoms with van der Waals surface area (Å²) in [5.41, 5.74) is 0. The molecule has 1 heterocycles. The summed E-state index contributed by atoms with van der Waals surface area (Å²) in [4.78, 5) is 12.0. The van der Waals surface area contributed by atoms with Crippen LogP contribution in [0.4, 0.5) is 0 Å². The highest BCUT2D eigenvalue weighted by molar-refractivity contribution is 5.81. The van der Waals surface area contributed by atoms with Crippen LogP contribution in [-0.4, -0.2) is 25.0 Å². The Bertz CT molecular complexity index is 240. The van der Waals surface area contributed by atoms with E-state index in [9.17, 15) is 4.79 Å². The fourth-order valence-electron chi connectivity index (χ4n) is 2.19. The van der Waals surface area contributed by atoms with E-state index in [-0.39, 0.29) is 11.9 Å². The van der Waals surface area contributed by atoms with Crippen LogP contribution in [0.3, 0.4) is 0 Å². The molecule has 0 aromatic carbocycles. The molecule has 3 unspecified atom stereocenters. The van der Waals surface area contributed by atoms with Crippen LogP contribution in [0.1, 0.15) is 47.0 Å². The Balaban J connectivity index is 2.32. The van der Waals surface area contributed by atoms with Gasteiger partial charge in [-0.25, -0.2) is 0 Å². The van der Waals surface area contributed by atoms with E-state index in [1.807, 2.05) is 0 Å². The molecule has 17 heavy (non-hydrogen) atoms. The van der Waals surface area contributed by atoms with E-state index in [2.05, 4.69) is 38.3 Å². The van der Waals surface area contributed by atoms with Gasteiger partial charge in [0.1, 0.15) is 0 Å². The molecule has 1 saturated heterocycles. The summed E-state index contributed by atoms with van der Waals surface area (Å²) in [6, 6.07) is 0.0352. The fraction of sp³-hybridized carbons (Fsp3) is 0.929. The molecule has 1 aliphatic heterocycles. The number of rotatable bonds is 5. The highest BCUT2D eigenvalue weighted by atomic mass is 16.2. The second-order valence-corrected chi connectivity index (χ2v) is 5.77. The summed E-state index contributed by atoms with van der Waals surface area (Å²) in [5, 5.41) is 6.40. The minimum absolute atomic E-state index is 0.0352. The van der Waals surface area contributed by atoms with Crippen molar-refractivity contribution in [3.63, 3.8) is 0 Å². The van der Waals surface area contributed by atoms with Gasteiger partial charge in [-0.1, -0.05) is 34.1 Å². The molecule has 2 N–H and O–H groups in total. The molecule has 0 bridgehead atoms. The van der Waals surface area contributed by atoms with Gasteiger partial charge in [0.2, 0.25) is 5.91 Å². The van der Waals surface area contributed by atoms with Gasteiger partial charge in [0.25, 0.3) is 0 Å². The van der Waals surface area contributed by atoms with Crippen molar-refractivity contribution in [3.05, 3.63) is 0 Å². The van der Waals surface area contributed by atoms with Gasteiger partial charge in [0.05, 0.1) is 6.04 Å². The van der Waals surface area contributed by atoms with Crippen molar-refractivity contribution in [2.75, 3.05) is 13.1 Å². The van der Waals surface area contributed by atoms with Gasteiger partial charge in [0.15, 0.2) is 0 Å². The van der Waals surface area contributed by atoms with Crippen LogP contribution in [0.15, 0.2) is 0 Å². The molecule has 1 fully saturated rings. The zero-order valence-electron chi connectivity index (χ0n) is 11.8. The third-order valence-electron chi connectivity index (χ3n) is 4.14. The van der Waals surface area contributed by atoms with Crippen LogP contribution < -0.4 is 10.6 Å². The Morgan fingerprint density at radius 2 is 2.12 bits per heavy atom. The Kier molecular flexibility index (Phi) is 5.96. The SMILES string of the molecule is CCC1CCNC(C(=O)NCC(C)C(C)C)C1. The Morgan fingerprint density at radius 3 is 2.71 bits per heavy atom. The summed E-state index contributed by atoms with van der Waals surface area (Å²) in [6.45, 7) is 10.6. The van der Waals surface area contributed by atoms with Gasteiger partial charge in [0, 0.05) is 6.54 Å². The van der Waals surface area contributed by atoms with E-state index in [1.165, 1.54) is 12.8 Å². The second kappa shape index (κ2) is 7.00. The van der Waals surface area contributed by atoms with Crippen molar-refractivity contribution in [3.8, 4) is 0 Å². The predicted molar refractivity (Wildman–Crippen MR) is 71.8 cm³/mol. The smallest absolute Gasteiger partial charge is 0.237 e. The summed E-state index contributed by atoms with van der Waals surface area (Å²) in [5.74, 6) is 2.08. The Hall–Kier alpha value is -0.570. The molecule has 0 aromatic rings. The van der Waals surface area contributed by atoms with Crippen molar-refractivity contribution in [2.24, 2.45) is 17.8 Å². The number of piperidine rings is 1. The van der Waals surface area contributed by atoms with Gasteiger partial charge < -0.3 is 10.6 Å². The average Bonchev–Trinajstić information content (AvgIpc) is 2.35. The quantitative estimate of drug-likeness (QED) is 0.773. The lowest BCUT2D eigenvalue weighted by molar-refractivity contribution is -0.124. The van der Waals surface area contributed by atoms with Crippen LogP contribution >= 0.6 is 0 Å². The molecule has 0 aliphatic carbocycles. The van der Waals surface area contributed by atoms with Gasteiger partial charge >= 0.3 is 0 Å². The van der Waals surface area contributed by atoms with E-state index < -0.39 is 0 Å². The molecule has 3 heteroatoms. The molecular weight excluding hydrogens is 212 g/mol. The third kappa shape index (κ3) is 4.66. The van der Waals surface area contributed by atoms with Gasteiger partial charge in [-0.3, -0.25) is 4.79 Å². The van der Waals surface area contributed by atoms with Crippen LogP contribution in [0.5, 0.6) is 0 Å². The van der Waals surface area contributed by atoms with Crippen molar-refractivity contribution in [1.29, 1.82) is 0 Å². The summed E-state index contributed by atoms with van der Waals surface area (Å²) in [6.07, 6.45) is 3.40. The first-order valence-electron chi connectivity index (χ1n) is 7.05. The van der Waals surface area contributed by atoms with Crippen LogP contribution in [-0.2, 0) is 4.79 Å². The van der Waals surface area contributed by atoms with Gasteiger partial charge in [-0.2, -0.15) is 0 Å². The lowest BCUT2D eigenvalue weighted by Gasteiger charge is -2.29. The molecule has 100 valence electrons. The second-order valence-electron chi connectivity index (χ2n) is 5.77. The molecule has 0 aromatic heterocycles. The van der Waals surface area contributed by atoms with Crippen LogP contribution in [0, 0.1) is 17.8 Å². The van der Waals surface area contributed by atoms with E-state index >= 15 is 0 Å². The molecular formula is C14H28N2O. The number of carbonyl (C=O) groups is 1. The van der Waals surface area contributed by atoms with Crippen LogP contribution in [0.25, 0.3) is 0 Å². The fourth-order valence-corrected chi connectivity index (χ4v) is 2.19. The lowest BCUT2D eigenvalue weighted by atomic mass is 9.90. The van der Waals surface area contributed by atoms with E-state index in [0.717, 1.165) is 25.4 Å². The molecule has 3 atom stereocenters. The zero-order chi connectivity index (χ0) is 12.8. The molecule has 1 aliphatic rings. The first-order chi connectivity index (χ1) is 8.04. The van der Waals surface area contributed by atoms with E-state index in [0.29, 0.717) is 11.8 Å². The van der Waals surface area contributed by atoms with Crippen LogP contribution in [0.2, 0.25) is 0 Å². The van der Waals surface area contributed by atoms with Gasteiger partial charge in [-0.05, 0) is 37.1 Å². The van der Waals surface area contributed by atoms with E-state index in [4.69, 9.17) is 0 Å². The number of nitrogens with one attached hydrogen (secondary N) is 2. The lowest BCUT2D eigenvalue weighted by Crippen LogP contribution is -2.49. The highest BCUT2D eigenvalue weighted by Gasteiger charge is 2.25. The maximum Gasteiger partial charge on any atom is 0.237 e. The molecule has 1 amide bonds. The molecule has 1 rings (SSSR count). The summed E-state index contributed by atoms with van der Waals surface area (Å²) in [7, 11) is 0. The minimum Gasteiger partial charge on any atom is -0.354 e. The predicted octanol–water partition coefficient (Wildman–Crippen LogP) is 2.17. The third-order valence-corrected chi connectivity index (χ3v) is 4.14. The topological polar surface area (TPSA) is 41.1 Å². The maximum atomic E-state index is 12.0. The Labute approximate surface area is 106 Å². The van der Waals surface area contributed by atoms with Crippen molar-refractivity contribution >= 4 is 5.91 Å². The molecule has 3 nitrogen and oxygen atoms in total. The summed E-state index contributed by atoms with van der Waals surface area (Å²) >= 11 is 0. The average molecular weight is 240 g/mol. The first kappa shape index (κ1) is 14.5. The largest absolute Gasteiger partial charge is 0.354 e. The normalized spacial score (nSPS) is 26.9. The number of amides is 1. The molecule has 0 saturated carbocycles. The van der Waals surface area contributed by atoms with Crippen molar-refractivity contribution in [1.82, 2.24) is 10.6 Å². The van der Waals surface area contributed by atoms with E-state index in [1.54, 1.807) is 0 Å². The van der Waals surface area contributed by atoms with Crippen molar-refractivity contribution < 1.29 is 4.79 Å². The molecule has 0 spiro atoms. The highest BCUT2D eigenvalue weighted by Crippen LogP contribution is 2.19. The molecule has 0 radical (unpaired) electrons. The number of carbonyl (C=O) groups excluding carboxylic acids is 1. The minimum atomic E-state index is 0.0352.